The monoisotopic (exact) mass is 290 g/mol. The lowest BCUT2D eigenvalue weighted by molar-refractivity contribution is 0.949. The standard InChI is InChI=1S/C15H15ClN2S/c16-13-11-12(18-9-3-4-10-18)6-7-14(13)19-15-5-1-2-8-17-15/h1-2,5-8,11H,3-4,9-10H2. The molecule has 0 atom stereocenters. The van der Waals surface area contributed by atoms with Crippen LogP contribution in [-0.2, 0) is 0 Å². The summed E-state index contributed by atoms with van der Waals surface area (Å²) < 4.78 is 0. The third kappa shape index (κ3) is 3.04. The lowest BCUT2D eigenvalue weighted by atomic mass is 10.3. The number of benzene rings is 1. The molecule has 0 N–H and O–H groups in total. The van der Waals surface area contributed by atoms with E-state index in [-0.39, 0.29) is 0 Å². The highest BCUT2D eigenvalue weighted by atomic mass is 35.5. The Morgan fingerprint density at radius 1 is 1.11 bits per heavy atom. The number of aromatic nitrogens is 1. The Bertz CT molecular complexity index is 553. The topological polar surface area (TPSA) is 16.1 Å². The Labute approximate surface area is 122 Å². The molecule has 98 valence electrons. The molecule has 1 aromatic heterocycles. The van der Waals surface area contributed by atoms with Crippen LogP contribution in [0.5, 0.6) is 0 Å². The summed E-state index contributed by atoms with van der Waals surface area (Å²) in [4.78, 5) is 7.76. The van der Waals surface area contributed by atoms with Crippen molar-refractivity contribution in [1.29, 1.82) is 0 Å². The van der Waals surface area contributed by atoms with Crippen molar-refractivity contribution in [2.45, 2.75) is 22.8 Å². The molecule has 1 aliphatic heterocycles. The molecular weight excluding hydrogens is 276 g/mol. The van der Waals surface area contributed by atoms with Crippen molar-refractivity contribution >= 4 is 29.1 Å². The fourth-order valence-corrected chi connectivity index (χ4v) is 3.33. The van der Waals surface area contributed by atoms with Crippen LogP contribution in [0.4, 0.5) is 5.69 Å². The van der Waals surface area contributed by atoms with Crippen molar-refractivity contribution in [3.63, 3.8) is 0 Å². The van der Waals surface area contributed by atoms with Gasteiger partial charge in [-0.05, 0) is 43.2 Å². The van der Waals surface area contributed by atoms with Crippen LogP contribution < -0.4 is 4.90 Å². The third-order valence-electron chi connectivity index (χ3n) is 3.24. The molecule has 2 aromatic rings. The fourth-order valence-electron chi connectivity index (χ4n) is 2.26. The summed E-state index contributed by atoms with van der Waals surface area (Å²) >= 11 is 7.99. The van der Waals surface area contributed by atoms with E-state index >= 15 is 0 Å². The SMILES string of the molecule is Clc1cc(N2CCCC2)ccc1Sc1ccccn1. The molecule has 2 nitrogen and oxygen atoms in total. The summed E-state index contributed by atoms with van der Waals surface area (Å²) in [6, 6.07) is 12.2. The normalized spacial score (nSPS) is 14.9. The molecule has 0 bridgehead atoms. The average Bonchev–Trinajstić information content (AvgIpc) is 2.96. The van der Waals surface area contributed by atoms with E-state index in [0.29, 0.717) is 0 Å². The van der Waals surface area contributed by atoms with Gasteiger partial charge in [0, 0.05) is 29.9 Å². The maximum Gasteiger partial charge on any atom is 0.101 e. The van der Waals surface area contributed by atoms with E-state index < -0.39 is 0 Å². The van der Waals surface area contributed by atoms with E-state index in [9.17, 15) is 0 Å². The lowest BCUT2D eigenvalue weighted by Crippen LogP contribution is -2.17. The zero-order chi connectivity index (χ0) is 13.1. The maximum atomic E-state index is 6.38. The van der Waals surface area contributed by atoms with Crippen molar-refractivity contribution in [3.05, 3.63) is 47.6 Å². The van der Waals surface area contributed by atoms with Crippen molar-refractivity contribution < 1.29 is 0 Å². The van der Waals surface area contributed by atoms with Gasteiger partial charge >= 0.3 is 0 Å². The second-order valence-corrected chi connectivity index (χ2v) is 6.05. The fraction of sp³-hybridized carbons (Fsp3) is 0.267. The average molecular weight is 291 g/mol. The summed E-state index contributed by atoms with van der Waals surface area (Å²) in [7, 11) is 0. The molecule has 0 unspecified atom stereocenters. The molecule has 1 saturated heterocycles. The van der Waals surface area contributed by atoms with Crippen LogP contribution in [0, 0.1) is 0 Å². The van der Waals surface area contributed by atoms with Crippen LogP contribution in [0.2, 0.25) is 5.02 Å². The van der Waals surface area contributed by atoms with Gasteiger partial charge in [0.2, 0.25) is 0 Å². The third-order valence-corrected chi connectivity index (χ3v) is 4.69. The van der Waals surface area contributed by atoms with Crippen molar-refractivity contribution in [2.24, 2.45) is 0 Å². The van der Waals surface area contributed by atoms with Gasteiger partial charge in [0.1, 0.15) is 5.03 Å². The predicted molar refractivity (Wildman–Crippen MR) is 81.3 cm³/mol. The van der Waals surface area contributed by atoms with Crippen LogP contribution in [0.1, 0.15) is 12.8 Å². The highest BCUT2D eigenvalue weighted by molar-refractivity contribution is 7.99. The number of hydrogen-bond donors (Lipinski definition) is 0. The smallest absolute Gasteiger partial charge is 0.101 e. The van der Waals surface area contributed by atoms with E-state index in [1.165, 1.54) is 18.5 Å². The molecule has 1 aliphatic rings. The summed E-state index contributed by atoms with van der Waals surface area (Å²) in [5.74, 6) is 0. The summed E-state index contributed by atoms with van der Waals surface area (Å²) in [5, 5.41) is 1.78. The van der Waals surface area contributed by atoms with Gasteiger partial charge in [-0.25, -0.2) is 4.98 Å². The maximum absolute atomic E-state index is 6.38. The lowest BCUT2D eigenvalue weighted by Gasteiger charge is -2.18. The minimum atomic E-state index is 0.806. The summed E-state index contributed by atoms with van der Waals surface area (Å²) in [5.41, 5.74) is 1.23. The van der Waals surface area contributed by atoms with E-state index in [0.717, 1.165) is 28.0 Å². The first-order valence-corrected chi connectivity index (χ1v) is 7.66. The van der Waals surface area contributed by atoms with Gasteiger partial charge in [0.15, 0.2) is 0 Å². The molecule has 3 rings (SSSR count). The first kappa shape index (κ1) is 12.8. The number of hydrogen-bond acceptors (Lipinski definition) is 3. The molecule has 19 heavy (non-hydrogen) atoms. The van der Waals surface area contributed by atoms with Gasteiger partial charge in [-0.3, -0.25) is 0 Å². The second kappa shape index (κ2) is 5.85. The van der Waals surface area contributed by atoms with Crippen molar-refractivity contribution in [3.8, 4) is 0 Å². The quantitative estimate of drug-likeness (QED) is 0.829. The number of anilines is 1. The van der Waals surface area contributed by atoms with E-state index in [1.807, 2.05) is 18.2 Å². The van der Waals surface area contributed by atoms with E-state index in [2.05, 4.69) is 28.1 Å². The van der Waals surface area contributed by atoms with Gasteiger partial charge in [-0.2, -0.15) is 0 Å². The Morgan fingerprint density at radius 2 is 1.95 bits per heavy atom. The van der Waals surface area contributed by atoms with Gasteiger partial charge in [-0.15, -0.1) is 0 Å². The number of nitrogens with zero attached hydrogens (tertiary/aromatic N) is 2. The zero-order valence-electron chi connectivity index (χ0n) is 10.6. The first-order chi connectivity index (χ1) is 9.33. The van der Waals surface area contributed by atoms with Gasteiger partial charge in [-0.1, -0.05) is 29.4 Å². The van der Waals surface area contributed by atoms with Crippen LogP contribution in [-0.4, -0.2) is 18.1 Å². The molecule has 0 saturated carbocycles. The van der Waals surface area contributed by atoms with Gasteiger partial charge in [0.25, 0.3) is 0 Å². The Morgan fingerprint density at radius 3 is 2.63 bits per heavy atom. The van der Waals surface area contributed by atoms with Gasteiger partial charge < -0.3 is 4.90 Å². The van der Waals surface area contributed by atoms with Crippen molar-refractivity contribution in [1.82, 2.24) is 4.98 Å². The van der Waals surface area contributed by atoms with Crippen LogP contribution in [0.15, 0.2) is 52.5 Å². The highest BCUT2D eigenvalue weighted by Crippen LogP contribution is 2.35. The highest BCUT2D eigenvalue weighted by Gasteiger charge is 2.13. The molecule has 0 spiro atoms. The van der Waals surface area contributed by atoms with Crippen LogP contribution in [0.25, 0.3) is 0 Å². The molecule has 0 amide bonds. The van der Waals surface area contributed by atoms with Crippen LogP contribution in [0.3, 0.4) is 0 Å². The minimum Gasteiger partial charge on any atom is -0.371 e. The Kier molecular flexibility index (Phi) is 3.95. The van der Waals surface area contributed by atoms with E-state index in [1.54, 1.807) is 18.0 Å². The first-order valence-electron chi connectivity index (χ1n) is 6.46. The minimum absolute atomic E-state index is 0.806. The van der Waals surface area contributed by atoms with Crippen LogP contribution >= 0.6 is 23.4 Å². The molecule has 1 aromatic carbocycles. The zero-order valence-corrected chi connectivity index (χ0v) is 12.1. The predicted octanol–water partition coefficient (Wildman–Crippen LogP) is 4.49. The Hall–Kier alpha value is -1.19. The molecule has 2 heterocycles. The van der Waals surface area contributed by atoms with E-state index in [4.69, 9.17) is 11.6 Å². The molecule has 1 fully saturated rings. The largest absolute Gasteiger partial charge is 0.371 e. The second-order valence-electron chi connectivity index (χ2n) is 4.58. The number of rotatable bonds is 3. The molecule has 4 heteroatoms. The number of halogens is 1. The number of pyridine rings is 1. The summed E-state index contributed by atoms with van der Waals surface area (Å²) in [6.07, 6.45) is 4.36. The molecular formula is C15H15ClN2S. The molecule has 0 aliphatic carbocycles. The Balaban J connectivity index is 1.79. The summed E-state index contributed by atoms with van der Waals surface area (Å²) in [6.45, 7) is 2.28. The van der Waals surface area contributed by atoms with Gasteiger partial charge in [0.05, 0.1) is 5.02 Å². The van der Waals surface area contributed by atoms with Crippen molar-refractivity contribution in [2.75, 3.05) is 18.0 Å². The molecule has 0 radical (unpaired) electrons.